The first kappa shape index (κ1) is 15.3. The van der Waals surface area contributed by atoms with E-state index in [2.05, 4.69) is 27.5 Å². The number of nitrogens with zero attached hydrogens (tertiary/aromatic N) is 4. The van der Waals surface area contributed by atoms with E-state index >= 15 is 0 Å². The molecular formula is C17H19N5OS. The second-order valence-corrected chi connectivity index (χ2v) is 7.55. The summed E-state index contributed by atoms with van der Waals surface area (Å²) in [5, 5.41) is 15.2. The fraction of sp³-hybridized carbons (Fsp3) is 0.412. The molecule has 1 atom stereocenters. The number of amides is 1. The van der Waals surface area contributed by atoms with Crippen molar-refractivity contribution in [2.75, 3.05) is 13.1 Å². The van der Waals surface area contributed by atoms with Crippen LogP contribution in [-0.4, -0.2) is 44.5 Å². The van der Waals surface area contributed by atoms with E-state index in [1.807, 2.05) is 30.0 Å². The third-order valence-electron chi connectivity index (χ3n) is 4.68. The normalized spacial score (nSPS) is 18.2. The highest BCUT2D eigenvalue weighted by Crippen LogP contribution is 2.34. The Bertz CT molecular complexity index is 886. The summed E-state index contributed by atoms with van der Waals surface area (Å²) in [6.07, 6.45) is 2.31. The average Bonchev–Trinajstić information content (AvgIpc) is 3.23. The molecule has 4 rings (SSSR count). The topological polar surface area (TPSA) is 74.8 Å². The van der Waals surface area contributed by atoms with Gasteiger partial charge in [-0.05, 0) is 60.0 Å². The van der Waals surface area contributed by atoms with E-state index in [-0.39, 0.29) is 5.91 Å². The monoisotopic (exact) mass is 341 g/mol. The standard InChI is InChI=1S/C17H19N5OS/c1-10-4-3-7-22(9-10)17(23)15-11(2)13-8-12(5-6-14(13)24-15)16-18-20-21-19-16/h5-6,8,10H,3-4,7,9H2,1-2H3,(H,18,19,20,21). The highest BCUT2D eigenvalue weighted by Gasteiger charge is 2.25. The van der Waals surface area contributed by atoms with Gasteiger partial charge in [-0.25, -0.2) is 0 Å². The third-order valence-corrected chi connectivity index (χ3v) is 5.94. The fourth-order valence-electron chi connectivity index (χ4n) is 3.37. The zero-order valence-corrected chi connectivity index (χ0v) is 14.6. The molecule has 1 amide bonds. The number of hydrogen-bond donors (Lipinski definition) is 1. The van der Waals surface area contributed by atoms with E-state index in [1.165, 1.54) is 6.42 Å². The van der Waals surface area contributed by atoms with Gasteiger partial charge in [-0.1, -0.05) is 6.92 Å². The summed E-state index contributed by atoms with van der Waals surface area (Å²) in [4.78, 5) is 15.8. The van der Waals surface area contributed by atoms with Gasteiger partial charge in [0, 0.05) is 23.4 Å². The molecule has 0 radical (unpaired) electrons. The molecule has 0 bridgehead atoms. The number of tetrazole rings is 1. The molecule has 1 N–H and O–H groups in total. The number of benzene rings is 1. The van der Waals surface area contributed by atoms with Crippen molar-refractivity contribution in [2.45, 2.75) is 26.7 Å². The Morgan fingerprint density at radius 3 is 3.04 bits per heavy atom. The lowest BCUT2D eigenvalue weighted by atomic mass is 10.00. The SMILES string of the molecule is Cc1c(C(=O)N2CCCC(C)C2)sc2ccc(-c3nn[nH]n3)cc12. The van der Waals surface area contributed by atoms with Gasteiger partial charge in [0.25, 0.3) is 5.91 Å². The number of hydrogen-bond acceptors (Lipinski definition) is 5. The molecule has 3 aromatic rings. The lowest BCUT2D eigenvalue weighted by molar-refractivity contribution is 0.0687. The molecule has 0 aliphatic carbocycles. The van der Waals surface area contributed by atoms with Crippen LogP contribution in [0.15, 0.2) is 18.2 Å². The van der Waals surface area contributed by atoms with Crippen LogP contribution in [-0.2, 0) is 0 Å². The summed E-state index contributed by atoms with van der Waals surface area (Å²) in [6, 6.07) is 6.05. The lowest BCUT2D eigenvalue weighted by Crippen LogP contribution is -2.38. The molecule has 124 valence electrons. The number of thiophene rings is 1. The van der Waals surface area contributed by atoms with Crippen LogP contribution < -0.4 is 0 Å². The number of aromatic amines is 1. The average molecular weight is 341 g/mol. The summed E-state index contributed by atoms with van der Waals surface area (Å²) < 4.78 is 1.12. The van der Waals surface area contributed by atoms with Crippen molar-refractivity contribution in [2.24, 2.45) is 5.92 Å². The Morgan fingerprint density at radius 1 is 1.42 bits per heavy atom. The lowest BCUT2D eigenvalue weighted by Gasteiger charge is -2.30. The van der Waals surface area contributed by atoms with Gasteiger partial charge in [0.1, 0.15) is 0 Å². The Balaban J connectivity index is 1.71. The number of aryl methyl sites for hydroxylation is 1. The maximum atomic E-state index is 12.9. The number of aromatic nitrogens is 4. The highest BCUT2D eigenvalue weighted by molar-refractivity contribution is 7.21. The summed E-state index contributed by atoms with van der Waals surface area (Å²) in [6.45, 7) is 5.97. The van der Waals surface area contributed by atoms with Crippen LogP contribution >= 0.6 is 11.3 Å². The molecule has 0 spiro atoms. The quantitative estimate of drug-likeness (QED) is 0.776. The van der Waals surface area contributed by atoms with Crippen LogP contribution in [0.3, 0.4) is 0 Å². The van der Waals surface area contributed by atoms with Gasteiger partial charge in [0.15, 0.2) is 0 Å². The van der Waals surface area contributed by atoms with E-state index in [4.69, 9.17) is 0 Å². The third kappa shape index (κ3) is 2.58. The molecular weight excluding hydrogens is 322 g/mol. The molecule has 1 saturated heterocycles. The van der Waals surface area contributed by atoms with Crippen molar-refractivity contribution in [1.29, 1.82) is 0 Å². The molecule has 1 aliphatic rings. The first-order chi connectivity index (χ1) is 11.6. The van der Waals surface area contributed by atoms with E-state index in [0.29, 0.717) is 11.7 Å². The van der Waals surface area contributed by atoms with Crippen LogP contribution in [0.1, 0.15) is 35.0 Å². The molecule has 7 heteroatoms. The predicted molar refractivity (Wildman–Crippen MR) is 94.0 cm³/mol. The van der Waals surface area contributed by atoms with Crippen LogP contribution in [0, 0.1) is 12.8 Å². The number of likely N-dealkylation sites (tertiary alicyclic amines) is 1. The molecule has 1 unspecified atom stereocenters. The summed E-state index contributed by atoms with van der Waals surface area (Å²) in [5.74, 6) is 1.32. The second kappa shape index (κ2) is 5.98. The number of carbonyl (C=O) groups is 1. The largest absolute Gasteiger partial charge is 0.338 e. The van der Waals surface area contributed by atoms with E-state index in [9.17, 15) is 4.79 Å². The van der Waals surface area contributed by atoms with Gasteiger partial charge in [-0.3, -0.25) is 4.79 Å². The van der Waals surface area contributed by atoms with Crippen molar-refractivity contribution in [3.63, 3.8) is 0 Å². The summed E-state index contributed by atoms with van der Waals surface area (Å²) in [5.41, 5.74) is 1.95. The number of H-pyrrole nitrogens is 1. The van der Waals surface area contributed by atoms with Gasteiger partial charge < -0.3 is 4.90 Å². The Kier molecular flexibility index (Phi) is 3.80. The number of fused-ring (bicyclic) bond motifs is 1. The summed E-state index contributed by atoms with van der Waals surface area (Å²) >= 11 is 1.58. The number of carbonyl (C=O) groups excluding carboxylic acids is 1. The van der Waals surface area contributed by atoms with Gasteiger partial charge in [-0.2, -0.15) is 5.21 Å². The molecule has 24 heavy (non-hydrogen) atoms. The molecule has 1 aromatic carbocycles. The minimum atomic E-state index is 0.168. The molecule has 1 aliphatic heterocycles. The first-order valence-corrected chi connectivity index (χ1v) is 9.01. The molecule has 1 fully saturated rings. The Labute approximate surface area is 143 Å². The molecule has 6 nitrogen and oxygen atoms in total. The second-order valence-electron chi connectivity index (χ2n) is 6.50. The highest BCUT2D eigenvalue weighted by atomic mass is 32.1. The van der Waals surface area contributed by atoms with E-state index in [1.54, 1.807) is 11.3 Å². The van der Waals surface area contributed by atoms with Crippen LogP contribution in [0.25, 0.3) is 21.5 Å². The van der Waals surface area contributed by atoms with Crippen LogP contribution in [0.4, 0.5) is 0 Å². The van der Waals surface area contributed by atoms with Crippen molar-refractivity contribution >= 4 is 27.3 Å². The smallest absolute Gasteiger partial charge is 0.264 e. The number of rotatable bonds is 2. The maximum absolute atomic E-state index is 12.9. The summed E-state index contributed by atoms with van der Waals surface area (Å²) in [7, 11) is 0. The number of piperidine rings is 1. The van der Waals surface area contributed by atoms with Gasteiger partial charge in [-0.15, -0.1) is 21.5 Å². The number of nitrogens with one attached hydrogen (secondary N) is 1. The fourth-order valence-corrected chi connectivity index (χ4v) is 4.52. The minimum Gasteiger partial charge on any atom is -0.338 e. The van der Waals surface area contributed by atoms with E-state index < -0.39 is 0 Å². The van der Waals surface area contributed by atoms with Crippen LogP contribution in [0.5, 0.6) is 0 Å². The van der Waals surface area contributed by atoms with Gasteiger partial charge in [0.2, 0.25) is 5.82 Å². The Hall–Kier alpha value is -2.28. The zero-order chi connectivity index (χ0) is 16.7. The zero-order valence-electron chi connectivity index (χ0n) is 13.7. The maximum Gasteiger partial charge on any atom is 0.264 e. The van der Waals surface area contributed by atoms with Crippen LogP contribution in [0.2, 0.25) is 0 Å². The van der Waals surface area contributed by atoms with Gasteiger partial charge >= 0.3 is 0 Å². The molecule has 3 heterocycles. The minimum absolute atomic E-state index is 0.168. The van der Waals surface area contributed by atoms with Crippen molar-refractivity contribution in [3.05, 3.63) is 28.6 Å². The van der Waals surface area contributed by atoms with Crippen molar-refractivity contribution in [1.82, 2.24) is 25.5 Å². The molecule has 0 saturated carbocycles. The van der Waals surface area contributed by atoms with Crippen molar-refractivity contribution < 1.29 is 4.79 Å². The first-order valence-electron chi connectivity index (χ1n) is 8.19. The van der Waals surface area contributed by atoms with E-state index in [0.717, 1.165) is 45.6 Å². The Morgan fingerprint density at radius 2 is 2.29 bits per heavy atom. The predicted octanol–water partition coefficient (Wildman–Crippen LogP) is 3.26. The van der Waals surface area contributed by atoms with Gasteiger partial charge in [0.05, 0.1) is 4.88 Å². The van der Waals surface area contributed by atoms with Crippen molar-refractivity contribution in [3.8, 4) is 11.4 Å². The molecule has 2 aromatic heterocycles.